The summed E-state index contributed by atoms with van der Waals surface area (Å²) in [6.45, 7) is 0. The predicted octanol–water partition coefficient (Wildman–Crippen LogP) is 19.1. The van der Waals surface area contributed by atoms with Gasteiger partial charge in [0.05, 0.1) is 10.8 Å². The van der Waals surface area contributed by atoms with Crippen LogP contribution in [0.3, 0.4) is 0 Å². The van der Waals surface area contributed by atoms with E-state index in [2.05, 4.69) is 290 Å². The van der Waals surface area contributed by atoms with E-state index in [9.17, 15) is 0 Å². The lowest BCUT2D eigenvalue weighted by Gasteiger charge is -2.39. The lowest BCUT2D eigenvalue weighted by Crippen LogP contribution is -2.32. The standard InChI is InChI=1S/C74H47NO2/c1-2-18-48(19-3-1)49-36-41-53(42-37-49)75(54-43-38-50(39-44-54)51-40-45-58-57-22-4-6-25-60(57)74(67(58)47-51)64-29-10-14-34-70(64)77-71-35-15-11-30-65(71)74)55-21-16-20-52(46-55)56-24-17-31-66-72(56)59-23-5-7-26-61(59)73(66)62-27-8-12-32-68(62)76-69-33-13-9-28-63(69)73/h1-47H. The molecule has 2 aliphatic heterocycles. The Labute approximate surface area is 448 Å². The lowest BCUT2D eigenvalue weighted by atomic mass is 9.66. The molecule has 0 atom stereocenters. The maximum absolute atomic E-state index is 6.67. The van der Waals surface area contributed by atoms with E-state index in [0.717, 1.165) is 79.0 Å². The summed E-state index contributed by atoms with van der Waals surface area (Å²) in [5.74, 6) is 3.57. The molecule has 0 radical (unpaired) electrons. The van der Waals surface area contributed by atoms with E-state index in [1.165, 1.54) is 61.2 Å². The maximum Gasteiger partial charge on any atom is 0.132 e. The average molecular weight is 982 g/mol. The van der Waals surface area contributed by atoms with Gasteiger partial charge in [0, 0.05) is 39.3 Å². The number of hydrogen-bond donors (Lipinski definition) is 0. The third-order valence-electron chi connectivity index (χ3n) is 16.8. The quantitative estimate of drug-likeness (QED) is 0.166. The number of ether oxygens (including phenoxy) is 2. The van der Waals surface area contributed by atoms with E-state index in [0.29, 0.717) is 0 Å². The molecule has 77 heavy (non-hydrogen) atoms. The maximum atomic E-state index is 6.67. The first-order valence-corrected chi connectivity index (χ1v) is 26.6. The van der Waals surface area contributed by atoms with Gasteiger partial charge in [-0.3, -0.25) is 0 Å². The van der Waals surface area contributed by atoms with Gasteiger partial charge in [-0.15, -0.1) is 0 Å². The van der Waals surface area contributed by atoms with E-state index in [1.807, 2.05) is 0 Å². The zero-order valence-electron chi connectivity index (χ0n) is 41.9. The topological polar surface area (TPSA) is 21.7 Å². The molecule has 4 aliphatic rings. The minimum atomic E-state index is -0.553. The Balaban J connectivity index is 0.837. The molecule has 2 aliphatic carbocycles. The van der Waals surface area contributed by atoms with Crippen LogP contribution in [0.5, 0.6) is 23.0 Å². The van der Waals surface area contributed by atoms with Gasteiger partial charge in [-0.2, -0.15) is 0 Å². The number of nitrogens with zero attached hydrogens (tertiary/aromatic N) is 1. The number of rotatable bonds is 6. The van der Waals surface area contributed by atoms with Crippen LogP contribution in [0, 0.1) is 0 Å². The number of hydrogen-bond acceptors (Lipinski definition) is 3. The molecule has 0 bridgehead atoms. The van der Waals surface area contributed by atoms with Gasteiger partial charge in [-0.05, 0) is 145 Å². The molecule has 360 valence electrons. The summed E-state index contributed by atoms with van der Waals surface area (Å²) in [5, 5.41) is 0. The molecule has 0 fully saturated rings. The van der Waals surface area contributed by atoms with Crippen molar-refractivity contribution in [2.75, 3.05) is 4.90 Å². The summed E-state index contributed by atoms with van der Waals surface area (Å²) in [6, 6.07) is 104. The second kappa shape index (κ2) is 16.8. The van der Waals surface area contributed by atoms with E-state index < -0.39 is 10.8 Å². The van der Waals surface area contributed by atoms with E-state index in [1.54, 1.807) is 0 Å². The van der Waals surface area contributed by atoms with Crippen molar-refractivity contribution in [1.29, 1.82) is 0 Å². The highest BCUT2D eigenvalue weighted by Crippen LogP contribution is 2.65. The smallest absolute Gasteiger partial charge is 0.132 e. The van der Waals surface area contributed by atoms with Gasteiger partial charge >= 0.3 is 0 Å². The summed E-state index contributed by atoms with van der Waals surface area (Å²) in [4.78, 5) is 2.40. The molecular formula is C74H47NO2. The van der Waals surface area contributed by atoms with Crippen molar-refractivity contribution >= 4 is 17.1 Å². The first-order chi connectivity index (χ1) is 38.2. The highest BCUT2D eigenvalue weighted by atomic mass is 16.5. The zero-order chi connectivity index (χ0) is 50.7. The van der Waals surface area contributed by atoms with Crippen molar-refractivity contribution in [1.82, 2.24) is 0 Å². The van der Waals surface area contributed by atoms with Crippen LogP contribution in [0.1, 0.15) is 44.5 Å². The van der Waals surface area contributed by atoms with Gasteiger partial charge in [-0.25, -0.2) is 0 Å². The Morgan fingerprint density at radius 1 is 0.221 bits per heavy atom. The molecule has 12 aromatic carbocycles. The fourth-order valence-electron chi connectivity index (χ4n) is 13.7. The van der Waals surface area contributed by atoms with Crippen LogP contribution < -0.4 is 14.4 Å². The van der Waals surface area contributed by atoms with Crippen molar-refractivity contribution in [3.05, 3.63) is 330 Å². The molecule has 0 amide bonds. The van der Waals surface area contributed by atoms with Crippen LogP contribution in [-0.2, 0) is 10.8 Å². The van der Waals surface area contributed by atoms with Gasteiger partial charge in [-0.1, -0.05) is 218 Å². The minimum absolute atomic E-state index is 0.539. The van der Waals surface area contributed by atoms with E-state index in [4.69, 9.17) is 9.47 Å². The number of anilines is 3. The second-order valence-electron chi connectivity index (χ2n) is 20.6. The van der Waals surface area contributed by atoms with Crippen LogP contribution in [0.4, 0.5) is 17.1 Å². The van der Waals surface area contributed by atoms with E-state index in [-0.39, 0.29) is 0 Å². The molecule has 16 rings (SSSR count). The van der Waals surface area contributed by atoms with Crippen molar-refractivity contribution in [2.45, 2.75) is 10.8 Å². The van der Waals surface area contributed by atoms with Crippen LogP contribution in [0.2, 0.25) is 0 Å². The number of benzene rings is 12. The molecule has 0 unspecified atom stereocenters. The van der Waals surface area contributed by atoms with Crippen LogP contribution >= 0.6 is 0 Å². The van der Waals surface area contributed by atoms with Crippen molar-refractivity contribution in [2.24, 2.45) is 0 Å². The predicted molar refractivity (Wildman–Crippen MR) is 312 cm³/mol. The summed E-state index contributed by atoms with van der Waals surface area (Å²) in [7, 11) is 0. The summed E-state index contributed by atoms with van der Waals surface area (Å²) >= 11 is 0. The second-order valence-corrected chi connectivity index (χ2v) is 20.6. The van der Waals surface area contributed by atoms with Gasteiger partial charge in [0.1, 0.15) is 23.0 Å². The third kappa shape index (κ3) is 6.20. The zero-order valence-corrected chi connectivity index (χ0v) is 41.9. The number of para-hydroxylation sites is 4. The third-order valence-corrected chi connectivity index (χ3v) is 16.8. The number of fused-ring (bicyclic) bond motifs is 18. The Morgan fingerprint density at radius 3 is 1.19 bits per heavy atom. The summed E-state index contributed by atoms with van der Waals surface area (Å²) in [5.41, 5.74) is 23.9. The normalized spacial score (nSPS) is 13.9. The van der Waals surface area contributed by atoms with Crippen molar-refractivity contribution < 1.29 is 9.47 Å². The molecular weight excluding hydrogens is 935 g/mol. The monoisotopic (exact) mass is 981 g/mol. The first-order valence-electron chi connectivity index (χ1n) is 26.6. The van der Waals surface area contributed by atoms with Gasteiger partial charge in [0.25, 0.3) is 0 Å². The summed E-state index contributed by atoms with van der Waals surface area (Å²) < 4.78 is 13.3. The molecule has 3 heteroatoms. The molecule has 12 aromatic rings. The first kappa shape index (κ1) is 43.4. The van der Waals surface area contributed by atoms with Crippen molar-refractivity contribution in [3.63, 3.8) is 0 Å². The Hall–Kier alpha value is -9.96. The fourth-order valence-corrected chi connectivity index (χ4v) is 13.7. The van der Waals surface area contributed by atoms with E-state index >= 15 is 0 Å². The molecule has 3 nitrogen and oxygen atoms in total. The SMILES string of the molecule is c1ccc(-c2ccc(N(c3ccc(-c4ccc5c(c4)C4(c6ccccc6Oc6ccccc64)c4ccccc4-5)cc3)c3cccc(-c4cccc5c4-c4ccccc4C54c5ccccc5Oc5ccccc54)c3)cc2)cc1. The molecule has 0 saturated heterocycles. The minimum Gasteiger partial charge on any atom is -0.457 e. The summed E-state index contributed by atoms with van der Waals surface area (Å²) in [6.07, 6.45) is 0. The fraction of sp³-hybridized carbons (Fsp3) is 0.0270. The Bertz CT molecular complexity index is 4250. The molecule has 2 heterocycles. The molecule has 0 saturated carbocycles. The van der Waals surface area contributed by atoms with Crippen LogP contribution in [0.15, 0.2) is 285 Å². The van der Waals surface area contributed by atoms with Gasteiger partial charge in [0.2, 0.25) is 0 Å². The van der Waals surface area contributed by atoms with Crippen LogP contribution in [-0.4, -0.2) is 0 Å². The van der Waals surface area contributed by atoms with Gasteiger partial charge in [0.15, 0.2) is 0 Å². The highest BCUT2D eigenvalue weighted by molar-refractivity contribution is 5.98. The Morgan fingerprint density at radius 2 is 0.610 bits per heavy atom. The average Bonchev–Trinajstić information content (AvgIpc) is 3.63. The molecule has 2 spiro atoms. The lowest BCUT2D eigenvalue weighted by molar-refractivity contribution is 0.436. The largest absolute Gasteiger partial charge is 0.457 e. The Kier molecular flexibility index (Phi) is 9.47. The van der Waals surface area contributed by atoms with Gasteiger partial charge < -0.3 is 14.4 Å². The van der Waals surface area contributed by atoms with Crippen LogP contribution in [0.25, 0.3) is 55.6 Å². The molecule has 0 aromatic heterocycles. The molecule has 0 N–H and O–H groups in total. The van der Waals surface area contributed by atoms with Crippen molar-refractivity contribution in [3.8, 4) is 78.6 Å². The highest BCUT2D eigenvalue weighted by Gasteiger charge is 2.53.